The van der Waals surface area contributed by atoms with Gasteiger partial charge in [-0.05, 0) is 32.4 Å². The predicted octanol–water partition coefficient (Wildman–Crippen LogP) is 2.45. The fraction of sp³-hybridized carbons (Fsp3) is 0.538. The first-order valence-electron chi connectivity index (χ1n) is 6.72. The van der Waals surface area contributed by atoms with Crippen LogP contribution >= 0.6 is 23.5 Å². The normalized spacial score (nSPS) is 21.8. The number of nitrogens with two attached hydrogens (primary N) is 1. The smallest absolute Gasteiger partial charge is 0.327 e. The molecule has 2 heterocycles. The molecule has 0 spiro atoms. The van der Waals surface area contributed by atoms with Crippen molar-refractivity contribution in [1.29, 1.82) is 0 Å². The number of allylic oxidation sites excluding steroid dienone is 2. The van der Waals surface area contributed by atoms with Crippen molar-refractivity contribution in [2.45, 2.75) is 39.3 Å². The molecule has 0 bridgehead atoms. The Kier molecular flexibility index (Phi) is 5.23. The number of aliphatic carboxylic acids is 1. The highest BCUT2D eigenvalue weighted by atomic mass is 32.2. The largest absolute Gasteiger partial charge is 0.481 e. The average Bonchev–Trinajstić information content (AvgIpc) is 2.70. The van der Waals surface area contributed by atoms with Gasteiger partial charge in [-0.2, -0.15) is 0 Å². The maximum Gasteiger partial charge on any atom is 0.327 e. The quantitative estimate of drug-likeness (QED) is 0.648. The summed E-state index contributed by atoms with van der Waals surface area (Å²) in [5.41, 5.74) is 7.72. The van der Waals surface area contributed by atoms with Crippen LogP contribution in [0.4, 0.5) is 4.79 Å². The number of hydrogen-bond acceptors (Lipinski definition) is 5. The van der Waals surface area contributed by atoms with Crippen molar-refractivity contribution in [3.63, 3.8) is 0 Å². The molecular formula is C13H19N3O3S2. The third-order valence-electron chi connectivity index (χ3n) is 3.34. The number of carboxylic acids is 1. The van der Waals surface area contributed by atoms with E-state index in [9.17, 15) is 9.59 Å². The highest BCUT2D eigenvalue weighted by Gasteiger charge is 2.39. The summed E-state index contributed by atoms with van der Waals surface area (Å²) in [6, 6.07) is -0.182. The minimum Gasteiger partial charge on any atom is -0.481 e. The van der Waals surface area contributed by atoms with E-state index in [1.165, 1.54) is 0 Å². The zero-order valence-electron chi connectivity index (χ0n) is 12.0. The maximum atomic E-state index is 12.0. The van der Waals surface area contributed by atoms with Crippen LogP contribution in [0.1, 0.15) is 33.1 Å². The Morgan fingerprint density at radius 2 is 2.19 bits per heavy atom. The van der Waals surface area contributed by atoms with Crippen molar-refractivity contribution in [3.8, 4) is 0 Å². The number of carbonyl (C=O) groups excluding carboxylic acids is 1. The second-order valence-electron chi connectivity index (χ2n) is 4.88. The number of thioether (sulfide) groups is 2. The van der Waals surface area contributed by atoms with E-state index in [2.05, 4.69) is 5.32 Å². The predicted molar refractivity (Wildman–Crippen MR) is 85.3 cm³/mol. The molecule has 1 saturated heterocycles. The zero-order valence-corrected chi connectivity index (χ0v) is 13.6. The molecule has 1 unspecified atom stereocenters. The number of unbranched alkanes of at least 4 members (excludes halogenated alkanes) is 1. The molecule has 2 rings (SSSR count). The van der Waals surface area contributed by atoms with Crippen molar-refractivity contribution in [2.24, 2.45) is 5.73 Å². The topological polar surface area (TPSA) is 95.7 Å². The molecule has 2 aliphatic heterocycles. The summed E-state index contributed by atoms with van der Waals surface area (Å²) in [4.78, 5) is 25.2. The van der Waals surface area contributed by atoms with Gasteiger partial charge in [-0.25, -0.2) is 4.79 Å². The molecule has 21 heavy (non-hydrogen) atoms. The van der Waals surface area contributed by atoms with E-state index in [0.717, 1.165) is 32.7 Å². The Hall–Kier alpha value is -1.12. The molecule has 0 aromatic heterocycles. The first kappa shape index (κ1) is 16.3. The van der Waals surface area contributed by atoms with Crippen LogP contribution in [0.25, 0.3) is 0 Å². The van der Waals surface area contributed by atoms with Crippen molar-refractivity contribution < 1.29 is 14.7 Å². The third kappa shape index (κ3) is 3.56. The molecule has 0 radical (unpaired) electrons. The van der Waals surface area contributed by atoms with Gasteiger partial charge in [0.2, 0.25) is 0 Å². The molecule has 6 nitrogen and oxygen atoms in total. The molecule has 8 heteroatoms. The van der Waals surface area contributed by atoms with Gasteiger partial charge in [0.25, 0.3) is 0 Å². The number of hydrogen-bond donors (Lipinski definition) is 3. The van der Waals surface area contributed by atoms with Crippen LogP contribution in [0, 0.1) is 0 Å². The summed E-state index contributed by atoms with van der Waals surface area (Å²) < 4.78 is 1.03. The van der Waals surface area contributed by atoms with Crippen LogP contribution in [0.5, 0.6) is 0 Å². The van der Waals surface area contributed by atoms with Crippen LogP contribution in [0.15, 0.2) is 20.5 Å². The van der Waals surface area contributed by atoms with E-state index >= 15 is 0 Å². The van der Waals surface area contributed by atoms with Gasteiger partial charge >= 0.3 is 12.0 Å². The second-order valence-corrected chi connectivity index (χ2v) is 7.47. The van der Waals surface area contributed by atoms with Gasteiger partial charge in [-0.15, -0.1) is 11.8 Å². The molecule has 2 amide bonds. The molecule has 1 fully saturated rings. The second kappa shape index (κ2) is 6.76. The summed E-state index contributed by atoms with van der Waals surface area (Å²) in [5.74, 6) is 0.0578. The summed E-state index contributed by atoms with van der Waals surface area (Å²) >= 11 is 3.27. The lowest BCUT2D eigenvalue weighted by Gasteiger charge is -2.27. The van der Waals surface area contributed by atoms with Crippen LogP contribution in [-0.2, 0) is 4.79 Å². The number of amides is 2. The standard InChI is InChI=1S/C13H19N3O3S2/c1-7-8(2)21-12(20-6-4-3-5-9(17)18)10-11(14)15-13(19)16(7)10/h11H,3-6,14H2,1-2H3,(H,15,19)(H,17,18). The SMILES string of the molecule is CC1=C(C)N2C(=O)NC(N)C2=C(SCCCCC(=O)O)S1. The molecular weight excluding hydrogens is 310 g/mol. The van der Waals surface area contributed by atoms with Gasteiger partial charge < -0.3 is 16.2 Å². The van der Waals surface area contributed by atoms with E-state index < -0.39 is 12.1 Å². The van der Waals surface area contributed by atoms with Crippen molar-refractivity contribution >= 4 is 35.5 Å². The van der Waals surface area contributed by atoms with Crippen LogP contribution in [0.3, 0.4) is 0 Å². The Labute approximate surface area is 132 Å². The average molecular weight is 329 g/mol. The number of rotatable bonds is 6. The maximum absolute atomic E-state index is 12.0. The first-order chi connectivity index (χ1) is 9.91. The van der Waals surface area contributed by atoms with Gasteiger partial charge in [0.05, 0.1) is 9.93 Å². The van der Waals surface area contributed by atoms with Crippen molar-refractivity contribution in [3.05, 3.63) is 20.5 Å². The van der Waals surface area contributed by atoms with E-state index in [0.29, 0.717) is 6.42 Å². The highest BCUT2D eigenvalue weighted by Crippen LogP contribution is 2.46. The van der Waals surface area contributed by atoms with E-state index in [1.54, 1.807) is 28.4 Å². The molecule has 4 N–H and O–H groups in total. The molecule has 0 saturated carbocycles. The highest BCUT2D eigenvalue weighted by molar-refractivity contribution is 8.24. The zero-order chi connectivity index (χ0) is 15.6. The van der Waals surface area contributed by atoms with Crippen LogP contribution in [0.2, 0.25) is 0 Å². The lowest BCUT2D eigenvalue weighted by atomic mass is 10.3. The van der Waals surface area contributed by atoms with Gasteiger partial charge in [0.15, 0.2) is 0 Å². The van der Waals surface area contributed by atoms with Crippen LogP contribution < -0.4 is 11.1 Å². The van der Waals surface area contributed by atoms with Gasteiger partial charge in [0.1, 0.15) is 6.17 Å². The minimum atomic E-state index is -0.762. The van der Waals surface area contributed by atoms with E-state index in [-0.39, 0.29) is 12.5 Å². The summed E-state index contributed by atoms with van der Waals surface area (Å²) in [5, 5.41) is 11.3. The summed E-state index contributed by atoms with van der Waals surface area (Å²) in [6.07, 6.45) is 1.21. The van der Waals surface area contributed by atoms with Crippen LogP contribution in [-0.4, -0.2) is 33.9 Å². The fourth-order valence-electron chi connectivity index (χ4n) is 2.13. The number of fused-ring (bicyclic) bond motifs is 1. The summed E-state index contributed by atoms with van der Waals surface area (Å²) in [7, 11) is 0. The Balaban J connectivity index is 2.02. The lowest BCUT2D eigenvalue weighted by molar-refractivity contribution is -0.137. The van der Waals surface area contributed by atoms with Gasteiger partial charge in [0, 0.05) is 17.0 Å². The summed E-state index contributed by atoms with van der Waals surface area (Å²) in [6.45, 7) is 3.90. The monoisotopic (exact) mass is 329 g/mol. The Morgan fingerprint density at radius 3 is 2.86 bits per heavy atom. The lowest BCUT2D eigenvalue weighted by Crippen LogP contribution is -2.33. The van der Waals surface area contributed by atoms with E-state index in [1.807, 2.05) is 13.8 Å². The van der Waals surface area contributed by atoms with Crippen molar-refractivity contribution in [1.82, 2.24) is 10.2 Å². The molecule has 1 atom stereocenters. The number of carboxylic acid groups (broad SMARTS) is 1. The Bertz CT molecular complexity index is 531. The molecule has 0 aromatic rings. The number of carbonyl (C=O) groups is 2. The molecule has 0 aromatic carbocycles. The number of nitrogens with zero attached hydrogens (tertiary/aromatic N) is 1. The molecule has 0 aliphatic carbocycles. The fourth-order valence-corrected chi connectivity index (χ4v) is 4.74. The Morgan fingerprint density at radius 1 is 1.48 bits per heavy atom. The molecule has 2 aliphatic rings. The molecule has 116 valence electrons. The number of nitrogens with one attached hydrogen (secondary N) is 1. The third-order valence-corrected chi connectivity index (χ3v) is 5.90. The van der Waals surface area contributed by atoms with E-state index in [4.69, 9.17) is 10.8 Å². The van der Waals surface area contributed by atoms with Gasteiger partial charge in [-0.1, -0.05) is 11.8 Å². The number of urea groups is 1. The first-order valence-corrected chi connectivity index (χ1v) is 8.52. The van der Waals surface area contributed by atoms with Gasteiger partial charge in [-0.3, -0.25) is 9.69 Å². The minimum absolute atomic E-state index is 0.182. The van der Waals surface area contributed by atoms with Crippen molar-refractivity contribution in [2.75, 3.05) is 5.75 Å².